The van der Waals surface area contributed by atoms with Gasteiger partial charge in [0.05, 0.1) is 17.8 Å². The Labute approximate surface area is 164 Å². The predicted molar refractivity (Wildman–Crippen MR) is 112 cm³/mol. The molecule has 0 unspecified atom stereocenters. The average Bonchev–Trinajstić information content (AvgIpc) is 3.30. The number of hydrogen-bond acceptors (Lipinski definition) is 3. The van der Waals surface area contributed by atoms with E-state index in [2.05, 4.69) is 67.9 Å². The Bertz CT molecular complexity index is 699. The number of ether oxygens (including phenoxy) is 1. The molecule has 2 aromatic rings. The molecule has 1 fully saturated rings. The standard InChI is InChI=1S/C23H35N3O/c1-5-6-15-25(4)16-20-17-26(21-9-7-8-10-21)24-23(20)19-11-13-22(14-12-19)27-18(2)3/h11-14,17-18,21H,5-10,15-16H2,1-4H3. The summed E-state index contributed by atoms with van der Waals surface area (Å²) in [6, 6.07) is 8.99. The molecule has 0 atom stereocenters. The van der Waals surface area contributed by atoms with Crippen molar-refractivity contribution < 1.29 is 4.74 Å². The first-order chi connectivity index (χ1) is 13.1. The van der Waals surface area contributed by atoms with Crippen LogP contribution >= 0.6 is 0 Å². The Morgan fingerprint density at radius 2 is 1.89 bits per heavy atom. The fourth-order valence-corrected chi connectivity index (χ4v) is 3.91. The van der Waals surface area contributed by atoms with Crippen molar-refractivity contribution in [3.05, 3.63) is 36.0 Å². The molecule has 148 valence electrons. The van der Waals surface area contributed by atoms with E-state index >= 15 is 0 Å². The molecule has 4 nitrogen and oxygen atoms in total. The topological polar surface area (TPSA) is 30.3 Å². The molecule has 1 saturated carbocycles. The van der Waals surface area contributed by atoms with Crippen molar-refractivity contribution in [2.24, 2.45) is 0 Å². The lowest BCUT2D eigenvalue weighted by atomic mass is 10.1. The van der Waals surface area contributed by atoms with E-state index in [1.54, 1.807) is 0 Å². The molecule has 0 spiro atoms. The number of rotatable bonds is 9. The molecule has 1 aliphatic carbocycles. The zero-order chi connectivity index (χ0) is 19.2. The zero-order valence-corrected chi connectivity index (χ0v) is 17.4. The third-order valence-corrected chi connectivity index (χ3v) is 5.34. The van der Waals surface area contributed by atoms with Crippen molar-refractivity contribution in [2.45, 2.75) is 78.0 Å². The molecule has 27 heavy (non-hydrogen) atoms. The Balaban J connectivity index is 1.84. The van der Waals surface area contributed by atoms with Crippen molar-refractivity contribution in [1.29, 1.82) is 0 Å². The molecule has 0 amide bonds. The summed E-state index contributed by atoms with van der Waals surface area (Å²) in [6.07, 6.45) is 10.1. The molecule has 0 radical (unpaired) electrons. The maximum Gasteiger partial charge on any atom is 0.119 e. The molecule has 1 heterocycles. The van der Waals surface area contributed by atoms with Crippen LogP contribution in [0.2, 0.25) is 0 Å². The highest BCUT2D eigenvalue weighted by molar-refractivity contribution is 5.63. The number of nitrogens with zero attached hydrogens (tertiary/aromatic N) is 3. The lowest BCUT2D eigenvalue weighted by Gasteiger charge is -2.16. The highest BCUT2D eigenvalue weighted by Crippen LogP contribution is 2.32. The average molecular weight is 370 g/mol. The van der Waals surface area contributed by atoms with Crippen molar-refractivity contribution in [1.82, 2.24) is 14.7 Å². The van der Waals surface area contributed by atoms with Gasteiger partial charge in [-0.3, -0.25) is 4.68 Å². The minimum absolute atomic E-state index is 0.195. The van der Waals surface area contributed by atoms with Crippen LogP contribution in [-0.4, -0.2) is 34.4 Å². The smallest absolute Gasteiger partial charge is 0.119 e. The van der Waals surface area contributed by atoms with Crippen LogP contribution in [0.1, 0.15) is 70.9 Å². The molecule has 1 aliphatic rings. The third-order valence-electron chi connectivity index (χ3n) is 5.34. The van der Waals surface area contributed by atoms with Gasteiger partial charge in [0.1, 0.15) is 5.75 Å². The summed E-state index contributed by atoms with van der Waals surface area (Å²) in [5.74, 6) is 0.922. The van der Waals surface area contributed by atoms with Crippen molar-refractivity contribution in [3.8, 4) is 17.0 Å². The highest BCUT2D eigenvalue weighted by atomic mass is 16.5. The number of aromatic nitrogens is 2. The number of unbranched alkanes of at least 4 members (excludes halogenated alkanes) is 1. The Hall–Kier alpha value is -1.81. The van der Waals surface area contributed by atoms with E-state index in [1.165, 1.54) is 49.7 Å². The van der Waals surface area contributed by atoms with Gasteiger partial charge in [-0.05, 0) is 71.0 Å². The second-order valence-corrected chi connectivity index (χ2v) is 8.20. The highest BCUT2D eigenvalue weighted by Gasteiger charge is 2.21. The Morgan fingerprint density at radius 3 is 2.52 bits per heavy atom. The fourth-order valence-electron chi connectivity index (χ4n) is 3.91. The van der Waals surface area contributed by atoms with E-state index in [0.717, 1.165) is 24.5 Å². The van der Waals surface area contributed by atoms with E-state index in [4.69, 9.17) is 9.84 Å². The van der Waals surface area contributed by atoms with E-state index in [1.807, 2.05) is 0 Å². The summed E-state index contributed by atoms with van der Waals surface area (Å²) in [5, 5.41) is 5.04. The van der Waals surface area contributed by atoms with Crippen LogP contribution < -0.4 is 4.74 Å². The van der Waals surface area contributed by atoms with E-state index < -0.39 is 0 Å². The van der Waals surface area contributed by atoms with Gasteiger partial charge in [-0.15, -0.1) is 0 Å². The van der Waals surface area contributed by atoms with Crippen molar-refractivity contribution >= 4 is 0 Å². The minimum Gasteiger partial charge on any atom is -0.491 e. The van der Waals surface area contributed by atoms with Gasteiger partial charge in [-0.2, -0.15) is 5.10 Å². The van der Waals surface area contributed by atoms with Gasteiger partial charge in [-0.1, -0.05) is 26.2 Å². The van der Waals surface area contributed by atoms with Gasteiger partial charge in [0.2, 0.25) is 0 Å². The van der Waals surface area contributed by atoms with Crippen molar-refractivity contribution in [3.63, 3.8) is 0 Å². The minimum atomic E-state index is 0.195. The largest absolute Gasteiger partial charge is 0.491 e. The van der Waals surface area contributed by atoms with Crippen LogP contribution in [0.5, 0.6) is 5.75 Å². The summed E-state index contributed by atoms with van der Waals surface area (Å²) in [6.45, 7) is 8.44. The van der Waals surface area contributed by atoms with E-state index in [-0.39, 0.29) is 6.10 Å². The van der Waals surface area contributed by atoms with Gasteiger partial charge in [-0.25, -0.2) is 0 Å². The molecular weight excluding hydrogens is 334 g/mol. The summed E-state index contributed by atoms with van der Waals surface area (Å²) in [4.78, 5) is 2.42. The second-order valence-electron chi connectivity index (χ2n) is 8.20. The third kappa shape index (κ3) is 5.35. The van der Waals surface area contributed by atoms with Crippen LogP contribution in [0, 0.1) is 0 Å². The molecule has 0 bridgehead atoms. The van der Waals surface area contributed by atoms with Gasteiger partial charge < -0.3 is 9.64 Å². The lowest BCUT2D eigenvalue weighted by molar-refractivity contribution is 0.242. The molecule has 0 saturated heterocycles. The van der Waals surface area contributed by atoms with Crippen LogP contribution in [0.3, 0.4) is 0 Å². The fraction of sp³-hybridized carbons (Fsp3) is 0.609. The van der Waals surface area contributed by atoms with Crippen molar-refractivity contribution in [2.75, 3.05) is 13.6 Å². The monoisotopic (exact) mass is 369 g/mol. The normalized spacial score (nSPS) is 15.2. The van der Waals surface area contributed by atoms with Crippen LogP contribution in [0.25, 0.3) is 11.3 Å². The number of benzene rings is 1. The number of hydrogen-bond donors (Lipinski definition) is 0. The quantitative estimate of drug-likeness (QED) is 0.569. The predicted octanol–water partition coefficient (Wildman–Crippen LogP) is 5.68. The maximum atomic E-state index is 5.80. The van der Waals surface area contributed by atoms with E-state index in [9.17, 15) is 0 Å². The first-order valence-electron chi connectivity index (χ1n) is 10.6. The van der Waals surface area contributed by atoms with Crippen LogP contribution in [0.15, 0.2) is 30.5 Å². The SMILES string of the molecule is CCCCN(C)Cc1cn(C2CCCC2)nc1-c1ccc(OC(C)C)cc1. The van der Waals surface area contributed by atoms with Gasteiger partial charge in [0.15, 0.2) is 0 Å². The van der Waals surface area contributed by atoms with Crippen LogP contribution in [-0.2, 0) is 6.54 Å². The van der Waals surface area contributed by atoms with Crippen LogP contribution in [0.4, 0.5) is 0 Å². The molecule has 1 aromatic heterocycles. The Kier molecular flexibility index (Phi) is 6.95. The van der Waals surface area contributed by atoms with Gasteiger partial charge >= 0.3 is 0 Å². The van der Waals surface area contributed by atoms with Gasteiger partial charge in [0, 0.05) is 23.9 Å². The summed E-state index contributed by atoms with van der Waals surface area (Å²) < 4.78 is 8.04. The molecule has 1 aromatic carbocycles. The first kappa shape index (κ1) is 19.9. The summed E-state index contributed by atoms with van der Waals surface area (Å²) in [7, 11) is 2.21. The maximum absolute atomic E-state index is 5.80. The second kappa shape index (κ2) is 9.41. The zero-order valence-electron chi connectivity index (χ0n) is 17.4. The summed E-state index contributed by atoms with van der Waals surface area (Å²) in [5.41, 5.74) is 3.64. The molecule has 0 N–H and O–H groups in total. The summed E-state index contributed by atoms with van der Waals surface area (Å²) >= 11 is 0. The molecule has 4 heteroatoms. The molecule has 0 aliphatic heterocycles. The Morgan fingerprint density at radius 1 is 1.19 bits per heavy atom. The molecule has 3 rings (SSSR count). The molecular formula is C23H35N3O. The lowest BCUT2D eigenvalue weighted by Crippen LogP contribution is -2.19. The first-order valence-corrected chi connectivity index (χ1v) is 10.6. The van der Waals surface area contributed by atoms with E-state index in [0.29, 0.717) is 6.04 Å². The van der Waals surface area contributed by atoms with Gasteiger partial charge in [0.25, 0.3) is 0 Å².